The zero-order chi connectivity index (χ0) is 15.6. The third-order valence-corrected chi connectivity index (χ3v) is 5.30. The first-order valence-electron chi connectivity index (χ1n) is 8.05. The molecule has 2 aliphatic rings. The fourth-order valence-electron chi connectivity index (χ4n) is 4.33. The van der Waals surface area contributed by atoms with Gasteiger partial charge in [-0.15, -0.1) is 0 Å². The van der Waals surface area contributed by atoms with E-state index in [-0.39, 0.29) is 12.0 Å². The summed E-state index contributed by atoms with van der Waals surface area (Å²) in [6.45, 7) is 0. The van der Waals surface area contributed by atoms with Crippen molar-refractivity contribution in [3.05, 3.63) is 59.8 Å². The van der Waals surface area contributed by atoms with Crippen molar-refractivity contribution in [2.75, 3.05) is 0 Å². The summed E-state index contributed by atoms with van der Waals surface area (Å²) in [5.41, 5.74) is 5.69. The molecule has 5 heteroatoms. The highest BCUT2D eigenvalue weighted by Crippen LogP contribution is 2.49. The fraction of sp³-hybridized carbons (Fsp3) is 0.333. The van der Waals surface area contributed by atoms with Gasteiger partial charge in [-0.05, 0) is 18.4 Å². The van der Waals surface area contributed by atoms with E-state index in [1.807, 2.05) is 30.5 Å². The molecule has 23 heavy (non-hydrogen) atoms. The molecule has 1 N–H and O–H groups in total. The lowest BCUT2D eigenvalue weighted by molar-refractivity contribution is 0.0718. The van der Waals surface area contributed by atoms with Crippen LogP contribution in [0.5, 0.6) is 0 Å². The van der Waals surface area contributed by atoms with E-state index >= 15 is 0 Å². The first-order chi connectivity index (χ1) is 11.2. The zero-order valence-electron chi connectivity index (χ0n) is 12.9. The minimum absolute atomic E-state index is 0.142. The molecule has 5 nitrogen and oxygen atoms in total. The standard InChI is InChI=1S/C18H18N4O/c1-21-9-14-15(20-21)7-6-13(18(14)23)17-12-5-3-2-4-11(12)16-8-19-10-22(16)17/h2-5,8-10,13,17-18,23H,6-7H2,1H3/t13-,17+,18+/m0/s1. The van der Waals surface area contributed by atoms with Gasteiger partial charge in [-0.3, -0.25) is 4.68 Å². The maximum atomic E-state index is 11.0. The Bertz CT molecular complexity index is 894. The molecule has 2 aromatic heterocycles. The van der Waals surface area contributed by atoms with Crippen LogP contribution in [-0.4, -0.2) is 24.4 Å². The van der Waals surface area contributed by atoms with Gasteiger partial charge in [0.25, 0.3) is 0 Å². The Morgan fingerprint density at radius 1 is 1.22 bits per heavy atom. The Labute approximate surface area is 134 Å². The number of aliphatic hydroxyl groups excluding tert-OH is 1. The van der Waals surface area contributed by atoms with Crippen LogP contribution in [-0.2, 0) is 13.5 Å². The molecule has 116 valence electrons. The summed E-state index contributed by atoms with van der Waals surface area (Å²) < 4.78 is 4.03. The highest BCUT2D eigenvalue weighted by Gasteiger charge is 2.41. The lowest BCUT2D eigenvalue weighted by atomic mass is 9.78. The third kappa shape index (κ3) is 1.71. The molecule has 3 heterocycles. The number of imidazole rings is 1. The van der Waals surface area contributed by atoms with E-state index in [4.69, 9.17) is 0 Å². The third-order valence-electron chi connectivity index (χ3n) is 5.30. The van der Waals surface area contributed by atoms with E-state index in [0.717, 1.165) is 29.8 Å². The summed E-state index contributed by atoms with van der Waals surface area (Å²) in [5.74, 6) is 0.142. The van der Waals surface area contributed by atoms with Crippen LogP contribution in [0, 0.1) is 5.92 Å². The number of nitrogens with zero attached hydrogens (tertiary/aromatic N) is 4. The first kappa shape index (κ1) is 13.1. The van der Waals surface area contributed by atoms with Gasteiger partial charge in [-0.25, -0.2) is 4.98 Å². The highest BCUT2D eigenvalue weighted by molar-refractivity contribution is 5.69. The van der Waals surface area contributed by atoms with Crippen molar-refractivity contribution in [2.45, 2.75) is 25.0 Å². The van der Waals surface area contributed by atoms with Crippen molar-refractivity contribution < 1.29 is 5.11 Å². The smallest absolute Gasteiger partial charge is 0.0956 e. The molecule has 3 aromatic rings. The number of aliphatic hydroxyl groups is 1. The second-order valence-electron chi connectivity index (χ2n) is 6.57. The summed E-state index contributed by atoms with van der Waals surface area (Å²) in [5, 5.41) is 15.5. The summed E-state index contributed by atoms with van der Waals surface area (Å²) in [6, 6.07) is 8.62. The summed E-state index contributed by atoms with van der Waals surface area (Å²) in [6.07, 6.45) is 7.14. The molecule has 1 aromatic carbocycles. The van der Waals surface area contributed by atoms with E-state index in [9.17, 15) is 5.11 Å². The number of hydrogen-bond acceptors (Lipinski definition) is 3. The van der Waals surface area contributed by atoms with Gasteiger partial charge in [0.2, 0.25) is 0 Å². The van der Waals surface area contributed by atoms with E-state index < -0.39 is 6.10 Å². The first-order valence-corrected chi connectivity index (χ1v) is 8.05. The van der Waals surface area contributed by atoms with Crippen LogP contribution in [0.3, 0.4) is 0 Å². The van der Waals surface area contributed by atoms with Crippen molar-refractivity contribution in [1.29, 1.82) is 0 Å². The molecule has 5 rings (SSSR count). The molecular formula is C18H18N4O. The predicted octanol–water partition coefficient (Wildman–Crippen LogP) is 2.48. The Balaban J connectivity index is 1.63. The van der Waals surface area contributed by atoms with Gasteiger partial charge in [-0.2, -0.15) is 5.10 Å². The number of benzene rings is 1. The van der Waals surface area contributed by atoms with Gasteiger partial charge in [0, 0.05) is 30.3 Å². The average Bonchev–Trinajstić information content (AvgIpc) is 3.22. The Morgan fingerprint density at radius 3 is 3.00 bits per heavy atom. The molecule has 1 aliphatic heterocycles. The molecule has 0 saturated carbocycles. The van der Waals surface area contributed by atoms with E-state index in [0.29, 0.717) is 0 Å². The summed E-state index contributed by atoms with van der Waals surface area (Å²) in [7, 11) is 1.92. The normalized spacial score (nSPS) is 25.0. The second-order valence-corrected chi connectivity index (χ2v) is 6.57. The number of aryl methyl sites for hydroxylation is 2. The zero-order valence-corrected chi connectivity index (χ0v) is 12.9. The van der Waals surface area contributed by atoms with Crippen LogP contribution in [0.2, 0.25) is 0 Å². The molecule has 0 bridgehead atoms. The monoisotopic (exact) mass is 306 g/mol. The Kier molecular flexibility index (Phi) is 2.59. The topological polar surface area (TPSA) is 55.9 Å². The van der Waals surface area contributed by atoms with Crippen LogP contribution in [0.4, 0.5) is 0 Å². The lowest BCUT2D eigenvalue weighted by Crippen LogP contribution is -2.28. The summed E-state index contributed by atoms with van der Waals surface area (Å²) >= 11 is 0. The van der Waals surface area contributed by atoms with Crippen molar-refractivity contribution in [3.8, 4) is 11.3 Å². The van der Waals surface area contributed by atoms with E-state index in [2.05, 4.69) is 38.9 Å². The lowest BCUT2D eigenvalue weighted by Gasteiger charge is -2.33. The minimum Gasteiger partial charge on any atom is -0.388 e. The summed E-state index contributed by atoms with van der Waals surface area (Å²) in [4.78, 5) is 4.33. The van der Waals surface area contributed by atoms with Crippen molar-refractivity contribution in [3.63, 3.8) is 0 Å². The van der Waals surface area contributed by atoms with Gasteiger partial charge < -0.3 is 9.67 Å². The molecule has 1 aliphatic carbocycles. The SMILES string of the molecule is Cn1cc2c(n1)CC[C@@H]([C@H]1c3ccccc3-c3cncn31)[C@H]2O. The molecule has 0 radical (unpaired) electrons. The van der Waals surface area contributed by atoms with E-state index in [1.165, 1.54) is 11.1 Å². The number of aromatic nitrogens is 4. The molecular weight excluding hydrogens is 288 g/mol. The van der Waals surface area contributed by atoms with Gasteiger partial charge >= 0.3 is 0 Å². The molecule has 0 fully saturated rings. The van der Waals surface area contributed by atoms with Crippen LogP contribution in [0.1, 0.15) is 35.4 Å². The predicted molar refractivity (Wildman–Crippen MR) is 85.8 cm³/mol. The van der Waals surface area contributed by atoms with Gasteiger partial charge in [0.15, 0.2) is 0 Å². The van der Waals surface area contributed by atoms with Crippen LogP contribution < -0.4 is 0 Å². The fourth-order valence-corrected chi connectivity index (χ4v) is 4.33. The highest BCUT2D eigenvalue weighted by atomic mass is 16.3. The maximum absolute atomic E-state index is 11.0. The van der Waals surface area contributed by atoms with Crippen molar-refractivity contribution >= 4 is 0 Å². The molecule has 0 spiro atoms. The molecule has 3 atom stereocenters. The average molecular weight is 306 g/mol. The number of hydrogen-bond donors (Lipinski definition) is 1. The number of rotatable bonds is 1. The van der Waals surface area contributed by atoms with Crippen LogP contribution >= 0.6 is 0 Å². The van der Waals surface area contributed by atoms with Gasteiger partial charge in [0.05, 0.1) is 36.1 Å². The molecule has 0 unspecified atom stereocenters. The quantitative estimate of drug-likeness (QED) is 0.751. The number of fused-ring (bicyclic) bond motifs is 4. The Morgan fingerprint density at radius 2 is 2.09 bits per heavy atom. The van der Waals surface area contributed by atoms with Crippen LogP contribution in [0.25, 0.3) is 11.3 Å². The molecule has 0 saturated heterocycles. The van der Waals surface area contributed by atoms with Gasteiger partial charge in [-0.1, -0.05) is 24.3 Å². The maximum Gasteiger partial charge on any atom is 0.0956 e. The largest absolute Gasteiger partial charge is 0.388 e. The second kappa shape index (κ2) is 4.55. The van der Waals surface area contributed by atoms with Crippen molar-refractivity contribution in [2.24, 2.45) is 13.0 Å². The Hall–Kier alpha value is -2.40. The van der Waals surface area contributed by atoms with Crippen molar-refractivity contribution in [1.82, 2.24) is 19.3 Å². The molecule has 0 amide bonds. The van der Waals surface area contributed by atoms with E-state index in [1.54, 1.807) is 0 Å². The van der Waals surface area contributed by atoms with Gasteiger partial charge in [0.1, 0.15) is 0 Å². The minimum atomic E-state index is -0.487. The van der Waals surface area contributed by atoms with Crippen LogP contribution in [0.15, 0.2) is 43.0 Å².